The smallest absolute Gasteiger partial charge is 0.341 e. The number of aromatic carboxylic acids is 1. The average molecular weight is 517 g/mol. The van der Waals surface area contributed by atoms with E-state index in [4.69, 9.17) is 4.74 Å². The average Bonchev–Trinajstić information content (AvgIpc) is 3.08. The van der Waals surface area contributed by atoms with E-state index in [-0.39, 0.29) is 16.8 Å². The standard InChI is InChI=1S/C27H25FN6O4/c1-29-20-10-15(28)9-16-21-23(34-4-3-6-38-7-5-34)18(12-30-25(21)32-22(16)20)14-8-17-24(35)19(27(36)37)13-33(2)26(17)31-11-14/h8-13,29H,3-7H2,1-2H3,(H,30,32)(H,36,37). The number of anilines is 2. The molecule has 0 radical (unpaired) electrons. The van der Waals surface area contributed by atoms with Gasteiger partial charge in [0.15, 0.2) is 0 Å². The van der Waals surface area contributed by atoms with E-state index in [2.05, 4.69) is 25.2 Å². The number of carbonyl (C=O) groups is 1. The van der Waals surface area contributed by atoms with Crippen LogP contribution in [0.25, 0.3) is 44.1 Å². The number of halogens is 1. The van der Waals surface area contributed by atoms with Crippen LogP contribution in [0.3, 0.4) is 0 Å². The van der Waals surface area contributed by atoms with Crippen molar-refractivity contribution < 1.29 is 19.0 Å². The first-order chi connectivity index (χ1) is 18.4. The second-order valence-electron chi connectivity index (χ2n) is 9.33. The number of fused-ring (bicyclic) bond motifs is 4. The first kappa shape index (κ1) is 23.9. The third-order valence-corrected chi connectivity index (χ3v) is 7.03. The zero-order valence-corrected chi connectivity index (χ0v) is 20.8. The fourth-order valence-electron chi connectivity index (χ4n) is 5.28. The summed E-state index contributed by atoms with van der Waals surface area (Å²) in [7, 11) is 3.38. The Hall–Kier alpha value is -4.51. The van der Waals surface area contributed by atoms with Gasteiger partial charge in [-0.05, 0) is 24.6 Å². The van der Waals surface area contributed by atoms with Gasteiger partial charge in [-0.3, -0.25) is 4.79 Å². The highest BCUT2D eigenvalue weighted by atomic mass is 19.1. The Labute approximate surface area is 215 Å². The minimum atomic E-state index is -1.30. The molecule has 0 aliphatic carbocycles. The van der Waals surface area contributed by atoms with Gasteiger partial charge in [0, 0.05) is 68.9 Å². The number of aromatic nitrogens is 4. The summed E-state index contributed by atoms with van der Waals surface area (Å²) >= 11 is 0. The van der Waals surface area contributed by atoms with Gasteiger partial charge in [0.1, 0.15) is 22.7 Å². The Morgan fingerprint density at radius 3 is 2.79 bits per heavy atom. The van der Waals surface area contributed by atoms with Gasteiger partial charge >= 0.3 is 5.97 Å². The number of H-pyrrole nitrogens is 1. The monoisotopic (exact) mass is 516 g/mol. The molecule has 5 heterocycles. The van der Waals surface area contributed by atoms with E-state index in [0.717, 1.165) is 23.0 Å². The molecule has 0 atom stereocenters. The maximum Gasteiger partial charge on any atom is 0.341 e. The van der Waals surface area contributed by atoms with E-state index >= 15 is 0 Å². The number of nitrogens with one attached hydrogen (secondary N) is 2. The Bertz CT molecular complexity index is 1800. The van der Waals surface area contributed by atoms with Crippen molar-refractivity contribution in [2.75, 3.05) is 43.6 Å². The number of benzene rings is 1. The number of aryl methyl sites for hydroxylation is 1. The van der Waals surface area contributed by atoms with Gasteiger partial charge in [-0.2, -0.15) is 0 Å². The molecular weight excluding hydrogens is 491 g/mol. The summed E-state index contributed by atoms with van der Waals surface area (Å²) in [5.74, 6) is -1.68. The van der Waals surface area contributed by atoms with E-state index in [1.165, 1.54) is 22.9 Å². The summed E-state index contributed by atoms with van der Waals surface area (Å²) in [6, 6.07) is 4.58. The fraction of sp³-hybridized carbons (Fsp3) is 0.259. The Balaban J connectivity index is 1.69. The molecule has 1 fully saturated rings. The zero-order chi connectivity index (χ0) is 26.6. The molecule has 6 rings (SSSR count). The maximum atomic E-state index is 14.7. The number of rotatable bonds is 4. The van der Waals surface area contributed by atoms with E-state index in [0.29, 0.717) is 59.8 Å². The van der Waals surface area contributed by atoms with Crippen LogP contribution in [0.1, 0.15) is 16.8 Å². The van der Waals surface area contributed by atoms with E-state index < -0.39 is 11.4 Å². The topological polar surface area (TPSA) is 125 Å². The van der Waals surface area contributed by atoms with Gasteiger partial charge in [0.2, 0.25) is 5.43 Å². The molecule has 0 amide bonds. The number of hydrogen-bond acceptors (Lipinski definition) is 7. The van der Waals surface area contributed by atoms with Crippen LogP contribution < -0.4 is 15.6 Å². The molecule has 10 nitrogen and oxygen atoms in total. The van der Waals surface area contributed by atoms with Crippen LogP contribution in [0.5, 0.6) is 0 Å². The van der Waals surface area contributed by atoms with Gasteiger partial charge in [-0.15, -0.1) is 0 Å². The lowest BCUT2D eigenvalue weighted by molar-refractivity contribution is 0.0695. The van der Waals surface area contributed by atoms with Crippen molar-refractivity contribution in [2.45, 2.75) is 6.42 Å². The van der Waals surface area contributed by atoms with Crippen molar-refractivity contribution >= 4 is 50.3 Å². The number of carboxylic acids is 1. The highest BCUT2D eigenvalue weighted by molar-refractivity contribution is 6.17. The summed E-state index contributed by atoms with van der Waals surface area (Å²) in [6.07, 6.45) is 5.44. The molecule has 0 spiro atoms. The molecule has 1 saturated heterocycles. The first-order valence-electron chi connectivity index (χ1n) is 12.2. The Kier molecular flexibility index (Phi) is 5.72. The molecule has 4 aromatic heterocycles. The molecule has 3 N–H and O–H groups in total. The van der Waals surface area contributed by atoms with Gasteiger partial charge < -0.3 is 29.6 Å². The van der Waals surface area contributed by atoms with Crippen LogP contribution >= 0.6 is 0 Å². The summed E-state index contributed by atoms with van der Waals surface area (Å²) in [5.41, 5.74) is 3.51. The predicted octanol–water partition coefficient (Wildman–Crippen LogP) is 3.74. The molecule has 0 bridgehead atoms. The van der Waals surface area contributed by atoms with Crippen LogP contribution in [0.2, 0.25) is 0 Å². The molecular formula is C27H25FN6O4. The number of hydrogen-bond donors (Lipinski definition) is 3. The lowest BCUT2D eigenvalue weighted by atomic mass is 10.0. The van der Waals surface area contributed by atoms with Crippen LogP contribution in [-0.2, 0) is 11.8 Å². The van der Waals surface area contributed by atoms with Crippen LogP contribution in [0.4, 0.5) is 15.8 Å². The van der Waals surface area contributed by atoms with Crippen molar-refractivity contribution in [1.82, 2.24) is 19.5 Å². The molecule has 1 aliphatic heterocycles. The summed E-state index contributed by atoms with van der Waals surface area (Å²) in [5, 5.41) is 14.2. The van der Waals surface area contributed by atoms with Gasteiger partial charge in [0.25, 0.3) is 0 Å². The number of carboxylic acid groups (broad SMARTS) is 1. The fourth-order valence-corrected chi connectivity index (χ4v) is 5.28. The summed E-state index contributed by atoms with van der Waals surface area (Å²) in [4.78, 5) is 39.5. The Morgan fingerprint density at radius 1 is 1.16 bits per heavy atom. The van der Waals surface area contributed by atoms with Gasteiger partial charge in [-0.25, -0.2) is 19.2 Å². The lowest BCUT2D eigenvalue weighted by Crippen LogP contribution is -2.26. The second-order valence-corrected chi connectivity index (χ2v) is 9.33. The third kappa shape index (κ3) is 3.74. The predicted molar refractivity (Wildman–Crippen MR) is 144 cm³/mol. The highest BCUT2D eigenvalue weighted by Crippen LogP contribution is 2.42. The lowest BCUT2D eigenvalue weighted by Gasteiger charge is -2.26. The molecule has 11 heteroatoms. The van der Waals surface area contributed by atoms with E-state index in [9.17, 15) is 19.1 Å². The molecule has 0 unspecified atom stereocenters. The number of pyridine rings is 3. The number of ether oxygens (including phenoxy) is 1. The first-order valence-corrected chi connectivity index (χ1v) is 12.2. The van der Waals surface area contributed by atoms with Crippen molar-refractivity contribution in [3.05, 3.63) is 58.4 Å². The van der Waals surface area contributed by atoms with Crippen LogP contribution in [-0.4, -0.2) is 63.9 Å². The normalized spacial score (nSPS) is 14.3. The van der Waals surface area contributed by atoms with Crippen molar-refractivity contribution in [3.63, 3.8) is 0 Å². The second kappa shape index (κ2) is 9.10. The van der Waals surface area contributed by atoms with Gasteiger partial charge in [-0.1, -0.05) is 0 Å². The maximum absolute atomic E-state index is 14.7. The van der Waals surface area contributed by atoms with Crippen molar-refractivity contribution in [3.8, 4) is 11.1 Å². The van der Waals surface area contributed by atoms with Crippen molar-refractivity contribution in [2.24, 2.45) is 7.05 Å². The Morgan fingerprint density at radius 2 is 2.00 bits per heavy atom. The quantitative estimate of drug-likeness (QED) is 0.330. The molecule has 1 aliphatic rings. The zero-order valence-electron chi connectivity index (χ0n) is 20.8. The van der Waals surface area contributed by atoms with E-state index in [1.54, 1.807) is 32.6 Å². The summed E-state index contributed by atoms with van der Waals surface area (Å²) < 4.78 is 21.9. The van der Waals surface area contributed by atoms with Gasteiger partial charge in [0.05, 0.1) is 34.3 Å². The SMILES string of the molecule is CNc1cc(F)cc2c1[nH]c1ncc(-c3cnc4c(c3)c(=O)c(C(=O)O)cn4C)c(N3CCCOCC3)c12. The van der Waals surface area contributed by atoms with E-state index in [1.807, 2.05) is 0 Å². The minimum absolute atomic E-state index is 0.192. The van der Waals surface area contributed by atoms with Crippen LogP contribution in [0.15, 0.2) is 41.6 Å². The van der Waals surface area contributed by atoms with Crippen molar-refractivity contribution in [1.29, 1.82) is 0 Å². The minimum Gasteiger partial charge on any atom is -0.477 e. The number of aromatic amines is 1. The molecule has 0 saturated carbocycles. The third-order valence-electron chi connectivity index (χ3n) is 7.03. The summed E-state index contributed by atoms with van der Waals surface area (Å²) in [6.45, 7) is 2.48. The highest BCUT2D eigenvalue weighted by Gasteiger charge is 2.24. The molecule has 5 aromatic rings. The molecule has 38 heavy (non-hydrogen) atoms. The molecule has 194 valence electrons. The molecule has 1 aromatic carbocycles. The number of nitrogens with zero attached hydrogens (tertiary/aromatic N) is 4. The largest absolute Gasteiger partial charge is 0.477 e. The van der Waals surface area contributed by atoms with Crippen LogP contribution in [0, 0.1) is 5.82 Å².